The summed E-state index contributed by atoms with van der Waals surface area (Å²) in [6.07, 6.45) is 0.323. The van der Waals surface area contributed by atoms with Gasteiger partial charge in [-0.05, 0) is 30.0 Å². The van der Waals surface area contributed by atoms with Crippen molar-refractivity contribution in [2.45, 2.75) is 13.3 Å². The first-order valence-corrected chi connectivity index (χ1v) is 6.95. The number of benzene rings is 1. The molecule has 4 heteroatoms. The predicted molar refractivity (Wildman–Crippen MR) is 77.4 cm³/mol. The lowest BCUT2D eigenvalue weighted by molar-refractivity contribution is 0.0987. The zero-order chi connectivity index (χ0) is 13.7. The minimum absolute atomic E-state index is 0.0415. The number of amides is 1. The summed E-state index contributed by atoms with van der Waals surface area (Å²) in [6.45, 7) is 2.34. The van der Waals surface area contributed by atoms with Crippen molar-refractivity contribution >= 4 is 22.9 Å². The van der Waals surface area contributed by atoms with Crippen LogP contribution in [0.2, 0.25) is 0 Å². The summed E-state index contributed by atoms with van der Waals surface area (Å²) in [4.78, 5) is 14.2. The Morgan fingerprint density at radius 1 is 1.32 bits per heavy atom. The van der Waals surface area contributed by atoms with Crippen molar-refractivity contribution in [3.8, 4) is 6.07 Å². The first kappa shape index (κ1) is 13.3. The summed E-state index contributed by atoms with van der Waals surface area (Å²) in [7, 11) is 0. The number of aryl methyl sites for hydroxylation is 1. The molecule has 96 valence electrons. The van der Waals surface area contributed by atoms with Crippen LogP contribution in [-0.2, 0) is 0 Å². The van der Waals surface area contributed by atoms with Crippen LogP contribution in [0.25, 0.3) is 0 Å². The van der Waals surface area contributed by atoms with Gasteiger partial charge < -0.3 is 4.90 Å². The van der Waals surface area contributed by atoms with Gasteiger partial charge >= 0.3 is 0 Å². The number of nitrogens with zero attached hydrogens (tertiary/aromatic N) is 2. The second kappa shape index (κ2) is 6.17. The first-order chi connectivity index (χ1) is 9.24. The average molecular weight is 270 g/mol. The molecule has 2 aromatic rings. The number of rotatable bonds is 4. The summed E-state index contributed by atoms with van der Waals surface area (Å²) < 4.78 is 0. The fraction of sp³-hybridized carbons (Fsp3) is 0.200. The van der Waals surface area contributed by atoms with Crippen LogP contribution in [0.1, 0.15) is 22.3 Å². The molecular formula is C15H14N2OS. The lowest BCUT2D eigenvalue weighted by atomic mass is 10.1. The molecule has 0 saturated carbocycles. The lowest BCUT2D eigenvalue weighted by Gasteiger charge is -2.21. The molecule has 0 unspecified atom stereocenters. The molecule has 3 nitrogen and oxygen atoms in total. The highest BCUT2D eigenvalue weighted by Crippen LogP contribution is 2.21. The third-order valence-corrected chi connectivity index (χ3v) is 3.71. The number of carbonyl (C=O) groups excluding carboxylic acids is 1. The Labute approximate surface area is 116 Å². The molecule has 0 saturated heterocycles. The maximum atomic E-state index is 12.6. The molecule has 1 heterocycles. The van der Waals surface area contributed by atoms with Crippen LogP contribution >= 0.6 is 11.3 Å². The molecule has 2 rings (SSSR count). The lowest BCUT2D eigenvalue weighted by Crippen LogP contribution is -2.31. The van der Waals surface area contributed by atoms with E-state index in [4.69, 9.17) is 5.26 Å². The van der Waals surface area contributed by atoms with Gasteiger partial charge in [0.2, 0.25) is 0 Å². The van der Waals surface area contributed by atoms with Crippen molar-refractivity contribution in [3.05, 3.63) is 52.2 Å². The third-order valence-electron chi connectivity index (χ3n) is 2.85. The Morgan fingerprint density at radius 2 is 2.05 bits per heavy atom. The van der Waals surface area contributed by atoms with Crippen LogP contribution in [0.4, 0.5) is 5.69 Å². The van der Waals surface area contributed by atoms with E-state index in [0.717, 1.165) is 11.3 Å². The molecule has 1 aromatic heterocycles. The summed E-state index contributed by atoms with van der Waals surface area (Å²) in [6, 6.07) is 11.6. The fourth-order valence-corrected chi connectivity index (χ4v) is 2.66. The van der Waals surface area contributed by atoms with Gasteiger partial charge in [0.05, 0.1) is 18.1 Å². The van der Waals surface area contributed by atoms with Crippen LogP contribution in [-0.4, -0.2) is 12.5 Å². The van der Waals surface area contributed by atoms with E-state index >= 15 is 0 Å². The summed E-state index contributed by atoms with van der Waals surface area (Å²) >= 11 is 1.52. The Kier molecular flexibility index (Phi) is 4.32. The van der Waals surface area contributed by atoms with Crippen molar-refractivity contribution in [2.24, 2.45) is 0 Å². The van der Waals surface area contributed by atoms with Crippen LogP contribution in [0.3, 0.4) is 0 Å². The predicted octanol–water partition coefficient (Wildman–Crippen LogP) is 3.62. The highest BCUT2D eigenvalue weighted by molar-refractivity contribution is 7.08. The molecule has 0 N–H and O–H groups in total. The summed E-state index contributed by atoms with van der Waals surface area (Å²) in [5, 5.41) is 12.6. The summed E-state index contributed by atoms with van der Waals surface area (Å²) in [5.74, 6) is -0.0415. The van der Waals surface area contributed by atoms with Crippen molar-refractivity contribution < 1.29 is 4.79 Å². The maximum absolute atomic E-state index is 12.6. The van der Waals surface area contributed by atoms with Crippen molar-refractivity contribution in [1.82, 2.24) is 0 Å². The van der Waals surface area contributed by atoms with Crippen molar-refractivity contribution in [2.75, 3.05) is 11.4 Å². The number of nitriles is 1. The zero-order valence-corrected chi connectivity index (χ0v) is 11.5. The highest BCUT2D eigenvalue weighted by atomic mass is 32.1. The monoisotopic (exact) mass is 270 g/mol. The molecule has 0 fully saturated rings. The van der Waals surface area contributed by atoms with Crippen LogP contribution in [0.5, 0.6) is 0 Å². The standard InChI is InChI=1S/C15H14N2OS/c1-12-10-19-11-14(12)15(18)17(9-5-8-16)13-6-3-2-4-7-13/h2-4,6-7,10-11H,5,9H2,1H3. The molecular weight excluding hydrogens is 256 g/mol. The third kappa shape index (κ3) is 3.01. The number of hydrogen-bond acceptors (Lipinski definition) is 3. The number of carbonyl (C=O) groups is 1. The van der Waals surface area contributed by atoms with Crippen LogP contribution in [0.15, 0.2) is 41.1 Å². The Bertz CT molecular complexity index is 598. The zero-order valence-electron chi connectivity index (χ0n) is 10.7. The number of thiophene rings is 1. The quantitative estimate of drug-likeness (QED) is 0.851. The van der Waals surface area contributed by atoms with E-state index in [1.54, 1.807) is 4.90 Å². The molecule has 19 heavy (non-hydrogen) atoms. The minimum Gasteiger partial charge on any atom is -0.307 e. The first-order valence-electron chi connectivity index (χ1n) is 6.00. The van der Waals surface area contributed by atoms with E-state index in [9.17, 15) is 4.79 Å². The van der Waals surface area contributed by atoms with Gasteiger partial charge in [-0.15, -0.1) is 0 Å². The van der Waals surface area contributed by atoms with Crippen LogP contribution < -0.4 is 4.90 Å². The maximum Gasteiger partial charge on any atom is 0.259 e. The molecule has 1 aromatic carbocycles. The SMILES string of the molecule is Cc1cscc1C(=O)N(CCC#N)c1ccccc1. The van der Waals surface area contributed by atoms with E-state index in [0.29, 0.717) is 18.5 Å². The van der Waals surface area contributed by atoms with Gasteiger partial charge in [0.15, 0.2) is 0 Å². The van der Waals surface area contributed by atoms with Gasteiger partial charge in [-0.1, -0.05) is 18.2 Å². The largest absolute Gasteiger partial charge is 0.307 e. The van der Waals surface area contributed by atoms with Gasteiger partial charge in [0, 0.05) is 17.6 Å². The van der Waals surface area contributed by atoms with Crippen LogP contribution in [0, 0.1) is 18.3 Å². The van der Waals surface area contributed by atoms with E-state index in [1.807, 2.05) is 48.0 Å². The topological polar surface area (TPSA) is 44.1 Å². The van der Waals surface area contributed by atoms with Gasteiger partial charge in [-0.3, -0.25) is 4.79 Å². The van der Waals surface area contributed by atoms with E-state index in [1.165, 1.54) is 11.3 Å². The molecule has 0 aliphatic heterocycles. The normalized spacial score (nSPS) is 9.89. The average Bonchev–Trinajstić information content (AvgIpc) is 2.86. The second-order valence-corrected chi connectivity index (χ2v) is 4.91. The van der Waals surface area contributed by atoms with E-state index in [2.05, 4.69) is 6.07 Å². The van der Waals surface area contributed by atoms with Gasteiger partial charge in [0.1, 0.15) is 0 Å². The molecule has 0 bridgehead atoms. The van der Waals surface area contributed by atoms with Gasteiger partial charge in [-0.25, -0.2) is 0 Å². The molecule has 1 amide bonds. The Morgan fingerprint density at radius 3 is 2.63 bits per heavy atom. The van der Waals surface area contributed by atoms with Crippen molar-refractivity contribution in [1.29, 1.82) is 5.26 Å². The molecule has 0 spiro atoms. The van der Waals surface area contributed by atoms with E-state index in [-0.39, 0.29) is 5.91 Å². The van der Waals surface area contributed by atoms with Gasteiger partial charge in [0.25, 0.3) is 5.91 Å². The van der Waals surface area contributed by atoms with Gasteiger partial charge in [-0.2, -0.15) is 16.6 Å². The number of anilines is 1. The fourth-order valence-electron chi connectivity index (χ4n) is 1.84. The number of para-hydroxylation sites is 1. The van der Waals surface area contributed by atoms with Crippen molar-refractivity contribution in [3.63, 3.8) is 0 Å². The second-order valence-electron chi connectivity index (χ2n) is 4.17. The Hall–Kier alpha value is -2.12. The van der Waals surface area contributed by atoms with E-state index < -0.39 is 0 Å². The minimum atomic E-state index is -0.0415. The molecule has 0 aliphatic rings. The molecule has 0 atom stereocenters. The smallest absolute Gasteiger partial charge is 0.259 e. The molecule has 0 radical (unpaired) electrons. The molecule has 0 aliphatic carbocycles. The highest BCUT2D eigenvalue weighted by Gasteiger charge is 2.19. The number of hydrogen-bond donors (Lipinski definition) is 0. The Balaban J connectivity index is 2.31. The summed E-state index contributed by atoms with van der Waals surface area (Å²) in [5.41, 5.74) is 2.52.